The van der Waals surface area contributed by atoms with Gasteiger partial charge in [-0.2, -0.15) is 0 Å². The molecule has 1 heterocycles. The van der Waals surface area contributed by atoms with E-state index in [1.807, 2.05) is 43.3 Å². The van der Waals surface area contributed by atoms with Crippen LogP contribution >= 0.6 is 33.9 Å². The molecule has 0 aliphatic heterocycles. The summed E-state index contributed by atoms with van der Waals surface area (Å²) in [4.78, 5) is 28.4. The number of rotatable bonds is 5. The average molecular weight is 465 g/mol. The quantitative estimate of drug-likeness (QED) is 0.527. The third kappa shape index (κ3) is 4.55. The molecule has 0 saturated carbocycles. The lowest BCUT2D eigenvalue weighted by Gasteiger charge is -2.05. The van der Waals surface area contributed by atoms with Crippen molar-refractivity contribution in [2.75, 3.05) is 10.6 Å². The minimum atomic E-state index is -0.154. The van der Waals surface area contributed by atoms with E-state index in [0.29, 0.717) is 22.8 Å². The van der Waals surface area contributed by atoms with Gasteiger partial charge in [-0.25, -0.2) is 4.98 Å². The number of thiazole rings is 1. The van der Waals surface area contributed by atoms with Crippen molar-refractivity contribution in [3.63, 3.8) is 0 Å². The van der Waals surface area contributed by atoms with E-state index in [2.05, 4.69) is 38.2 Å². The first-order valence-electron chi connectivity index (χ1n) is 7.82. The van der Waals surface area contributed by atoms with E-state index in [0.717, 1.165) is 20.2 Å². The minimum Gasteiger partial charge on any atom is -0.322 e. The van der Waals surface area contributed by atoms with Crippen LogP contribution in [0.1, 0.15) is 30.1 Å². The van der Waals surface area contributed by atoms with Crippen molar-refractivity contribution in [1.82, 2.24) is 4.98 Å². The highest BCUT2D eigenvalue weighted by Gasteiger charge is 2.10. The second-order valence-corrected chi connectivity index (χ2v) is 7.74. The molecule has 0 bridgehead atoms. The first kappa shape index (κ1) is 17.8. The molecule has 0 fully saturated rings. The van der Waals surface area contributed by atoms with Gasteiger partial charge in [0.2, 0.25) is 5.91 Å². The SMILES string of the molecule is CCCC(=O)Nc1nc2ccc(NC(=O)c3cccc(I)c3)cc2s1. The first-order valence-corrected chi connectivity index (χ1v) is 9.72. The van der Waals surface area contributed by atoms with Crippen molar-refractivity contribution < 1.29 is 9.59 Å². The van der Waals surface area contributed by atoms with Crippen molar-refractivity contribution in [2.45, 2.75) is 19.8 Å². The standard InChI is InChI=1S/C18H16IN3O2S/c1-2-4-16(23)22-18-21-14-8-7-13(10-15(14)25-18)20-17(24)11-5-3-6-12(19)9-11/h3,5-10H,2,4H2,1H3,(H,20,24)(H,21,22,23). The zero-order valence-corrected chi connectivity index (χ0v) is 16.5. The molecule has 7 heteroatoms. The van der Waals surface area contributed by atoms with Gasteiger partial charge in [0.1, 0.15) is 0 Å². The summed E-state index contributed by atoms with van der Waals surface area (Å²) in [5.41, 5.74) is 2.11. The summed E-state index contributed by atoms with van der Waals surface area (Å²) in [6, 6.07) is 12.9. The van der Waals surface area contributed by atoms with Gasteiger partial charge in [0.25, 0.3) is 5.91 Å². The van der Waals surface area contributed by atoms with E-state index in [4.69, 9.17) is 0 Å². The molecule has 0 saturated heterocycles. The van der Waals surface area contributed by atoms with Gasteiger partial charge >= 0.3 is 0 Å². The molecule has 1 aromatic heterocycles. The Kier molecular flexibility index (Phi) is 5.64. The Balaban J connectivity index is 1.76. The fourth-order valence-corrected chi connectivity index (χ4v) is 3.76. The highest BCUT2D eigenvalue weighted by molar-refractivity contribution is 14.1. The Labute approximate surface area is 163 Å². The number of hydrogen-bond donors (Lipinski definition) is 2. The van der Waals surface area contributed by atoms with E-state index in [9.17, 15) is 9.59 Å². The van der Waals surface area contributed by atoms with Crippen LogP contribution in [0.15, 0.2) is 42.5 Å². The predicted octanol–water partition coefficient (Wildman–Crippen LogP) is 4.89. The lowest BCUT2D eigenvalue weighted by atomic mass is 10.2. The van der Waals surface area contributed by atoms with E-state index in [-0.39, 0.29) is 11.8 Å². The summed E-state index contributed by atoms with van der Waals surface area (Å²) in [5, 5.41) is 6.28. The molecular weight excluding hydrogens is 449 g/mol. The van der Waals surface area contributed by atoms with Crippen molar-refractivity contribution in [1.29, 1.82) is 0 Å². The lowest BCUT2D eigenvalue weighted by Crippen LogP contribution is -2.11. The molecule has 2 amide bonds. The predicted molar refractivity (Wildman–Crippen MR) is 110 cm³/mol. The number of nitrogens with zero attached hydrogens (tertiary/aromatic N) is 1. The average Bonchev–Trinajstić information content (AvgIpc) is 2.96. The number of carbonyl (C=O) groups is 2. The smallest absolute Gasteiger partial charge is 0.255 e. The molecule has 0 spiro atoms. The number of benzene rings is 2. The molecule has 3 rings (SSSR count). The molecule has 3 aromatic rings. The Bertz CT molecular complexity index is 939. The van der Waals surface area contributed by atoms with Crippen LogP contribution in [0.5, 0.6) is 0 Å². The van der Waals surface area contributed by atoms with Crippen LogP contribution in [-0.2, 0) is 4.79 Å². The van der Waals surface area contributed by atoms with Crippen LogP contribution in [-0.4, -0.2) is 16.8 Å². The van der Waals surface area contributed by atoms with Gasteiger partial charge in [0.15, 0.2) is 5.13 Å². The zero-order chi connectivity index (χ0) is 17.8. The molecule has 0 aliphatic rings. The number of halogens is 1. The second kappa shape index (κ2) is 7.92. The largest absolute Gasteiger partial charge is 0.322 e. The lowest BCUT2D eigenvalue weighted by molar-refractivity contribution is -0.116. The van der Waals surface area contributed by atoms with Crippen LogP contribution in [0, 0.1) is 3.57 Å². The highest BCUT2D eigenvalue weighted by Crippen LogP contribution is 2.28. The highest BCUT2D eigenvalue weighted by atomic mass is 127. The normalized spacial score (nSPS) is 10.6. The van der Waals surface area contributed by atoms with Crippen molar-refractivity contribution in [3.8, 4) is 0 Å². The van der Waals surface area contributed by atoms with Crippen molar-refractivity contribution in [2.24, 2.45) is 0 Å². The Morgan fingerprint density at radius 3 is 2.76 bits per heavy atom. The Hall–Kier alpha value is -2.00. The molecule has 2 aromatic carbocycles. The number of aromatic nitrogens is 1. The van der Waals surface area contributed by atoms with Crippen LogP contribution in [0.4, 0.5) is 10.8 Å². The van der Waals surface area contributed by atoms with Crippen molar-refractivity contribution >= 4 is 66.8 Å². The summed E-state index contributed by atoms with van der Waals surface area (Å²) < 4.78 is 1.92. The summed E-state index contributed by atoms with van der Waals surface area (Å²) in [6.45, 7) is 1.96. The van der Waals surface area contributed by atoms with Gasteiger partial charge in [-0.3, -0.25) is 9.59 Å². The van der Waals surface area contributed by atoms with Crippen LogP contribution in [0.2, 0.25) is 0 Å². The van der Waals surface area contributed by atoms with E-state index >= 15 is 0 Å². The molecule has 25 heavy (non-hydrogen) atoms. The maximum atomic E-state index is 12.3. The third-order valence-electron chi connectivity index (χ3n) is 3.46. The maximum absolute atomic E-state index is 12.3. The molecule has 2 N–H and O–H groups in total. The molecule has 0 aliphatic carbocycles. The fourth-order valence-electron chi connectivity index (χ4n) is 2.30. The number of amides is 2. The second-order valence-electron chi connectivity index (χ2n) is 5.46. The molecule has 5 nitrogen and oxygen atoms in total. The first-order chi connectivity index (χ1) is 12.0. The Morgan fingerprint density at radius 2 is 2.00 bits per heavy atom. The summed E-state index contributed by atoms with van der Waals surface area (Å²) >= 11 is 3.57. The van der Waals surface area contributed by atoms with Gasteiger partial charge in [-0.1, -0.05) is 24.3 Å². The number of fused-ring (bicyclic) bond motifs is 1. The number of carbonyl (C=O) groups excluding carboxylic acids is 2. The molecular formula is C18H16IN3O2S. The maximum Gasteiger partial charge on any atom is 0.255 e. The molecule has 128 valence electrons. The number of anilines is 2. The van der Waals surface area contributed by atoms with E-state index < -0.39 is 0 Å². The summed E-state index contributed by atoms with van der Waals surface area (Å²) in [7, 11) is 0. The van der Waals surface area contributed by atoms with Gasteiger partial charge in [-0.05, 0) is 65.4 Å². The van der Waals surface area contributed by atoms with Crippen molar-refractivity contribution in [3.05, 3.63) is 51.6 Å². The van der Waals surface area contributed by atoms with Gasteiger partial charge in [-0.15, -0.1) is 0 Å². The summed E-state index contributed by atoms with van der Waals surface area (Å²) in [6.07, 6.45) is 1.28. The monoisotopic (exact) mass is 465 g/mol. The van der Waals surface area contributed by atoms with Crippen LogP contribution < -0.4 is 10.6 Å². The van der Waals surface area contributed by atoms with Gasteiger partial charge in [0, 0.05) is 21.2 Å². The fraction of sp³-hybridized carbons (Fsp3) is 0.167. The topological polar surface area (TPSA) is 71.1 Å². The zero-order valence-electron chi connectivity index (χ0n) is 13.5. The van der Waals surface area contributed by atoms with Crippen LogP contribution in [0.3, 0.4) is 0 Å². The minimum absolute atomic E-state index is 0.0336. The summed E-state index contributed by atoms with van der Waals surface area (Å²) in [5.74, 6) is -0.187. The third-order valence-corrected chi connectivity index (χ3v) is 5.06. The van der Waals surface area contributed by atoms with E-state index in [1.54, 1.807) is 6.07 Å². The Morgan fingerprint density at radius 1 is 1.16 bits per heavy atom. The number of hydrogen-bond acceptors (Lipinski definition) is 4. The molecule has 0 radical (unpaired) electrons. The van der Waals surface area contributed by atoms with E-state index in [1.165, 1.54) is 11.3 Å². The molecule has 0 atom stereocenters. The van der Waals surface area contributed by atoms with Gasteiger partial charge in [0.05, 0.1) is 10.2 Å². The number of nitrogens with one attached hydrogen (secondary N) is 2. The van der Waals surface area contributed by atoms with Crippen LogP contribution in [0.25, 0.3) is 10.2 Å². The molecule has 0 unspecified atom stereocenters. The van der Waals surface area contributed by atoms with Gasteiger partial charge < -0.3 is 10.6 Å².